The first-order chi connectivity index (χ1) is 13.2. The van der Waals surface area contributed by atoms with Gasteiger partial charge in [0.15, 0.2) is 5.43 Å². The van der Waals surface area contributed by atoms with Crippen LogP contribution >= 0.6 is 0 Å². The zero-order valence-corrected chi connectivity index (χ0v) is 14.9. The summed E-state index contributed by atoms with van der Waals surface area (Å²) < 4.78 is 5.44. The molecule has 1 aliphatic rings. The van der Waals surface area contributed by atoms with Crippen LogP contribution in [0.2, 0.25) is 0 Å². The quantitative estimate of drug-likeness (QED) is 0.774. The van der Waals surface area contributed by atoms with Crippen LogP contribution in [0.3, 0.4) is 0 Å². The van der Waals surface area contributed by atoms with E-state index in [4.69, 9.17) is 4.42 Å². The van der Waals surface area contributed by atoms with Crippen LogP contribution in [0.1, 0.15) is 29.6 Å². The van der Waals surface area contributed by atoms with Crippen molar-refractivity contribution in [2.24, 2.45) is 0 Å². The number of piperidine rings is 1. The lowest BCUT2D eigenvalue weighted by molar-refractivity contribution is 0.0503. The summed E-state index contributed by atoms with van der Waals surface area (Å²) in [6.45, 7) is 0.696. The molecule has 1 aliphatic heterocycles. The first-order valence-corrected chi connectivity index (χ1v) is 9.21. The number of aliphatic hydroxyl groups is 1. The molecule has 27 heavy (non-hydrogen) atoms. The minimum atomic E-state index is -0.0886. The molecule has 0 aliphatic carbocycles. The number of rotatable bonds is 3. The Morgan fingerprint density at radius 2 is 1.85 bits per heavy atom. The predicted molar refractivity (Wildman–Crippen MR) is 104 cm³/mol. The van der Waals surface area contributed by atoms with E-state index in [0.717, 1.165) is 30.4 Å². The number of hydrogen-bond acceptors (Lipinski definition) is 4. The van der Waals surface area contributed by atoms with Crippen molar-refractivity contribution in [1.29, 1.82) is 0 Å². The van der Waals surface area contributed by atoms with Crippen LogP contribution in [0.25, 0.3) is 22.1 Å². The Morgan fingerprint density at radius 1 is 1.07 bits per heavy atom. The third-order valence-electron chi connectivity index (χ3n) is 5.23. The van der Waals surface area contributed by atoms with E-state index in [1.165, 1.54) is 12.3 Å². The number of amides is 1. The van der Waals surface area contributed by atoms with E-state index in [1.54, 1.807) is 11.0 Å². The fourth-order valence-corrected chi connectivity index (χ4v) is 3.69. The summed E-state index contributed by atoms with van der Waals surface area (Å²) in [6.07, 6.45) is 4.27. The third kappa shape index (κ3) is 3.38. The molecule has 0 saturated carbocycles. The molecule has 1 aromatic heterocycles. The second-order valence-electron chi connectivity index (χ2n) is 6.90. The number of carbonyl (C=O) groups is 1. The van der Waals surface area contributed by atoms with Crippen molar-refractivity contribution >= 4 is 16.9 Å². The number of aliphatic hydroxyl groups excluding tert-OH is 1. The summed E-state index contributed by atoms with van der Waals surface area (Å²) in [6, 6.07) is 14.2. The first kappa shape index (κ1) is 17.5. The molecule has 1 N–H and O–H groups in total. The summed E-state index contributed by atoms with van der Waals surface area (Å²) in [5.74, 6) is -0.0372. The molecule has 138 valence electrons. The summed E-state index contributed by atoms with van der Waals surface area (Å²) in [4.78, 5) is 26.4. The van der Waals surface area contributed by atoms with Gasteiger partial charge in [0.2, 0.25) is 0 Å². The van der Waals surface area contributed by atoms with Crippen LogP contribution in [0, 0.1) is 0 Å². The summed E-state index contributed by atoms with van der Waals surface area (Å²) >= 11 is 0. The van der Waals surface area contributed by atoms with Crippen LogP contribution < -0.4 is 5.43 Å². The van der Waals surface area contributed by atoms with Crippen molar-refractivity contribution in [3.8, 4) is 11.1 Å². The highest BCUT2D eigenvalue weighted by molar-refractivity contribution is 5.95. The number of hydrogen-bond donors (Lipinski definition) is 1. The molecule has 0 bridgehead atoms. The molecule has 0 spiro atoms. The van der Waals surface area contributed by atoms with Crippen LogP contribution in [0.4, 0.5) is 0 Å². The molecule has 1 unspecified atom stereocenters. The Labute approximate surface area is 156 Å². The standard InChI is InChI=1S/C22H21NO4/c24-14-18-3-1-2-11-23(18)22(26)16-6-4-15(5-7-16)17-8-9-19-20(25)10-12-27-21(19)13-17/h4-10,12-13,18,24H,1-3,11,14H2. The Balaban J connectivity index is 1.60. The van der Waals surface area contributed by atoms with E-state index in [2.05, 4.69) is 0 Å². The maximum atomic E-state index is 12.8. The third-order valence-corrected chi connectivity index (χ3v) is 5.23. The van der Waals surface area contributed by atoms with Gasteiger partial charge in [-0.15, -0.1) is 0 Å². The SMILES string of the molecule is O=C(c1ccc(-c2ccc3c(=O)ccoc3c2)cc1)N1CCCCC1CO. The molecule has 0 radical (unpaired) electrons. The van der Waals surface area contributed by atoms with Crippen LogP contribution in [0.15, 0.2) is 64.0 Å². The van der Waals surface area contributed by atoms with E-state index >= 15 is 0 Å². The van der Waals surface area contributed by atoms with Crippen LogP contribution in [-0.2, 0) is 0 Å². The molecular formula is C22H21NO4. The fourth-order valence-electron chi connectivity index (χ4n) is 3.69. The van der Waals surface area contributed by atoms with E-state index < -0.39 is 0 Å². The number of nitrogens with zero attached hydrogens (tertiary/aromatic N) is 1. The van der Waals surface area contributed by atoms with Gasteiger partial charge in [0, 0.05) is 18.2 Å². The van der Waals surface area contributed by atoms with Gasteiger partial charge >= 0.3 is 0 Å². The molecule has 5 heteroatoms. The highest BCUT2D eigenvalue weighted by Crippen LogP contribution is 2.25. The van der Waals surface area contributed by atoms with Gasteiger partial charge in [0.05, 0.1) is 24.3 Å². The van der Waals surface area contributed by atoms with E-state index in [1.807, 2.05) is 36.4 Å². The molecular weight excluding hydrogens is 342 g/mol. The predicted octanol–water partition coefficient (Wildman–Crippen LogP) is 3.45. The number of fused-ring (bicyclic) bond motifs is 1. The minimum Gasteiger partial charge on any atom is -0.464 e. The Kier molecular flexibility index (Phi) is 4.77. The van der Waals surface area contributed by atoms with Gasteiger partial charge in [0.1, 0.15) is 5.58 Å². The minimum absolute atomic E-state index is 0.00607. The van der Waals surface area contributed by atoms with Gasteiger partial charge in [-0.05, 0) is 54.7 Å². The smallest absolute Gasteiger partial charge is 0.254 e. The molecule has 1 amide bonds. The summed E-state index contributed by atoms with van der Waals surface area (Å²) in [7, 11) is 0. The topological polar surface area (TPSA) is 70.8 Å². The number of carbonyl (C=O) groups excluding carboxylic acids is 1. The van der Waals surface area contributed by atoms with Gasteiger partial charge in [-0.1, -0.05) is 18.2 Å². The maximum Gasteiger partial charge on any atom is 0.254 e. The normalized spacial score (nSPS) is 17.2. The molecule has 5 nitrogen and oxygen atoms in total. The average molecular weight is 363 g/mol. The fraction of sp³-hybridized carbons (Fsp3) is 0.273. The lowest BCUT2D eigenvalue weighted by Crippen LogP contribution is -2.45. The molecule has 3 aromatic rings. The monoisotopic (exact) mass is 363 g/mol. The Hall–Kier alpha value is -2.92. The van der Waals surface area contributed by atoms with Crippen molar-refractivity contribution in [3.05, 3.63) is 70.6 Å². The highest BCUT2D eigenvalue weighted by Gasteiger charge is 2.26. The lowest BCUT2D eigenvalue weighted by atomic mass is 9.99. The molecule has 2 aromatic carbocycles. The number of likely N-dealkylation sites (tertiary alicyclic amines) is 1. The largest absolute Gasteiger partial charge is 0.464 e. The maximum absolute atomic E-state index is 12.8. The van der Waals surface area contributed by atoms with Gasteiger partial charge in [-0.25, -0.2) is 0 Å². The second-order valence-corrected chi connectivity index (χ2v) is 6.90. The molecule has 1 fully saturated rings. The zero-order valence-electron chi connectivity index (χ0n) is 14.9. The summed E-state index contributed by atoms with van der Waals surface area (Å²) in [5.41, 5.74) is 2.95. The van der Waals surface area contributed by atoms with Crippen molar-refractivity contribution in [3.63, 3.8) is 0 Å². The van der Waals surface area contributed by atoms with Crippen molar-refractivity contribution < 1.29 is 14.3 Å². The van der Waals surface area contributed by atoms with Gasteiger partial charge in [-0.2, -0.15) is 0 Å². The van der Waals surface area contributed by atoms with E-state index in [-0.39, 0.29) is 24.0 Å². The van der Waals surface area contributed by atoms with Crippen molar-refractivity contribution in [1.82, 2.24) is 4.90 Å². The number of benzene rings is 2. The van der Waals surface area contributed by atoms with E-state index in [0.29, 0.717) is 23.1 Å². The lowest BCUT2D eigenvalue weighted by Gasteiger charge is -2.34. The van der Waals surface area contributed by atoms with Gasteiger partial charge in [0.25, 0.3) is 5.91 Å². The summed E-state index contributed by atoms with van der Waals surface area (Å²) in [5, 5.41) is 10.1. The zero-order chi connectivity index (χ0) is 18.8. The first-order valence-electron chi connectivity index (χ1n) is 9.21. The highest BCUT2D eigenvalue weighted by atomic mass is 16.3. The van der Waals surface area contributed by atoms with Crippen LogP contribution in [-0.4, -0.2) is 35.1 Å². The van der Waals surface area contributed by atoms with Crippen LogP contribution in [0.5, 0.6) is 0 Å². The molecule has 1 atom stereocenters. The Bertz CT molecular complexity index is 1020. The van der Waals surface area contributed by atoms with Crippen molar-refractivity contribution in [2.45, 2.75) is 25.3 Å². The Morgan fingerprint density at radius 3 is 2.63 bits per heavy atom. The van der Waals surface area contributed by atoms with E-state index in [9.17, 15) is 14.7 Å². The average Bonchev–Trinajstić information content (AvgIpc) is 2.73. The molecule has 2 heterocycles. The van der Waals surface area contributed by atoms with Gasteiger partial charge in [-0.3, -0.25) is 9.59 Å². The van der Waals surface area contributed by atoms with Crippen molar-refractivity contribution in [2.75, 3.05) is 13.2 Å². The van der Waals surface area contributed by atoms with Gasteiger partial charge < -0.3 is 14.4 Å². The molecule has 1 saturated heterocycles. The second kappa shape index (κ2) is 7.37. The molecule has 4 rings (SSSR count).